The van der Waals surface area contributed by atoms with Crippen molar-refractivity contribution in [2.45, 2.75) is 5.41 Å². The van der Waals surface area contributed by atoms with Crippen molar-refractivity contribution in [1.29, 1.82) is 0 Å². The monoisotopic (exact) mass is 700 g/mol. The summed E-state index contributed by atoms with van der Waals surface area (Å²) in [5.74, 6) is 1.91. The molecule has 0 saturated heterocycles. The van der Waals surface area contributed by atoms with Gasteiger partial charge in [-0.25, -0.2) is 15.0 Å². The Morgan fingerprint density at radius 1 is 0.273 bits per heavy atom. The molecule has 0 bridgehead atoms. The van der Waals surface area contributed by atoms with Gasteiger partial charge in [-0.2, -0.15) is 0 Å². The van der Waals surface area contributed by atoms with E-state index < -0.39 is 0 Å². The van der Waals surface area contributed by atoms with E-state index in [0.29, 0.717) is 17.5 Å². The summed E-state index contributed by atoms with van der Waals surface area (Å²) in [4.78, 5) is 19.1. The van der Waals surface area contributed by atoms with Crippen LogP contribution in [0.4, 0.5) is 0 Å². The van der Waals surface area contributed by atoms with Crippen molar-refractivity contribution < 1.29 is 0 Å². The summed E-state index contributed by atoms with van der Waals surface area (Å²) < 4.78 is 0. The highest BCUT2D eigenvalue weighted by Crippen LogP contribution is 2.62. The van der Waals surface area contributed by atoms with Crippen LogP contribution in [0.25, 0.3) is 78.7 Å². The van der Waals surface area contributed by atoms with Crippen LogP contribution in [-0.2, 0) is 5.41 Å². The molecule has 1 spiro atoms. The molecule has 0 atom stereocenters. The van der Waals surface area contributed by atoms with E-state index in [9.17, 15) is 0 Å². The van der Waals surface area contributed by atoms with Crippen LogP contribution in [0.15, 0.2) is 194 Å². The maximum Gasteiger partial charge on any atom is 0.164 e. The summed E-state index contributed by atoms with van der Waals surface area (Å²) in [6.07, 6.45) is 3.62. The Balaban J connectivity index is 0.988. The molecule has 0 aliphatic heterocycles. The minimum atomic E-state index is -0.340. The van der Waals surface area contributed by atoms with Crippen molar-refractivity contribution in [2.75, 3.05) is 0 Å². The number of hydrogen-bond acceptors (Lipinski definition) is 4. The van der Waals surface area contributed by atoms with Crippen molar-refractivity contribution in [3.63, 3.8) is 0 Å². The van der Waals surface area contributed by atoms with Crippen LogP contribution in [0.1, 0.15) is 22.3 Å². The Hall–Kier alpha value is -7.30. The number of rotatable bonds is 5. The third kappa shape index (κ3) is 4.85. The Morgan fingerprint density at radius 3 is 1.16 bits per heavy atom. The molecule has 0 radical (unpaired) electrons. The zero-order valence-corrected chi connectivity index (χ0v) is 29.8. The molecule has 7 aromatic carbocycles. The van der Waals surface area contributed by atoms with Crippen LogP contribution in [0.5, 0.6) is 0 Å². The zero-order chi connectivity index (χ0) is 36.3. The molecule has 256 valence electrons. The van der Waals surface area contributed by atoms with Gasteiger partial charge in [0.2, 0.25) is 0 Å². The van der Waals surface area contributed by atoms with Gasteiger partial charge < -0.3 is 0 Å². The van der Waals surface area contributed by atoms with Gasteiger partial charge in [-0.05, 0) is 85.0 Å². The molecule has 2 heterocycles. The van der Waals surface area contributed by atoms with E-state index in [2.05, 4.69) is 145 Å². The maximum absolute atomic E-state index is 5.02. The van der Waals surface area contributed by atoms with Gasteiger partial charge in [0.15, 0.2) is 17.5 Å². The zero-order valence-electron chi connectivity index (χ0n) is 29.8. The Kier molecular flexibility index (Phi) is 7.04. The van der Waals surface area contributed by atoms with Crippen molar-refractivity contribution >= 4 is 0 Å². The molecule has 0 amide bonds. The maximum atomic E-state index is 5.02. The minimum absolute atomic E-state index is 0.340. The first-order valence-electron chi connectivity index (χ1n) is 18.6. The van der Waals surface area contributed by atoms with Crippen LogP contribution in [0, 0.1) is 0 Å². The smallest absolute Gasteiger partial charge is 0.164 e. The van der Waals surface area contributed by atoms with Crippen molar-refractivity contribution in [2.24, 2.45) is 0 Å². The Labute approximate surface area is 319 Å². The van der Waals surface area contributed by atoms with Crippen molar-refractivity contribution in [3.05, 3.63) is 217 Å². The van der Waals surface area contributed by atoms with E-state index in [1.54, 1.807) is 0 Å². The molecule has 0 N–H and O–H groups in total. The number of benzene rings is 7. The third-order valence-corrected chi connectivity index (χ3v) is 11.3. The second kappa shape index (κ2) is 12.4. The van der Waals surface area contributed by atoms with Gasteiger partial charge in [0.25, 0.3) is 0 Å². The molecule has 55 heavy (non-hydrogen) atoms. The number of aromatic nitrogens is 4. The number of nitrogens with zero attached hydrogens (tertiary/aromatic N) is 4. The van der Waals surface area contributed by atoms with Crippen LogP contribution < -0.4 is 0 Å². The standard InChI is InChI=1S/C51H32N4/c1-2-10-36(11-3-1)48-53-49(37-22-18-33(19-23-37)35-28-30-52-31-29-35)55-50(54-48)38-24-20-34(21-25-38)39-26-27-47-43(32-39)42-14-6-9-17-46(42)51(47)44-15-7-4-12-40(44)41-13-5-8-16-45(41)51/h1-32H. The highest BCUT2D eigenvalue weighted by Gasteiger charge is 2.51. The summed E-state index contributed by atoms with van der Waals surface area (Å²) in [7, 11) is 0. The molecule has 4 nitrogen and oxygen atoms in total. The number of pyridine rings is 1. The van der Waals surface area contributed by atoms with E-state index in [1.807, 2.05) is 54.9 Å². The summed E-state index contributed by atoms with van der Waals surface area (Å²) in [6.45, 7) is 0. The van der Waals surface area contributed by atoms with E-state index in [0.717, 1.165) is 33.4 Å². The van der Waals surface area contributed by atoms with Crippen molar-refractivity contribution in [1.82, 2.24) is 19.9 Å². The lowest BCUT2D eigenvalue weighted by Gasteiger charge is -2.30. The van der Waals surface area contributed by atoms with Crippen LogP contribution >= 0.6 is 0 Å². The molecule has 0 fully saturated rings. The van der Waals surface area contributed by atoms with Gasteiger partial charge in [-0.3, -0.25) is 4.98 Å². The molecule has 11 rings (SSSR count). The van der Waals surface area contributed by atoms with E-state index in [-0.39, 0.29) is 5.41 Å². The summed E-state index contributed by atoms with van der Waals surface area (Å²) in [5.41, 5.74) is 17.6. The van der Waals surface area contributed by atoms with E-state index >= 15 is 0 Å². The fourth-order valence-electron chi connectivity index (χ4n) is 8.80. The van der Waals surface area contributed by atoms with Gasteiger partial charge in [0.05, 0.1) is 5.41 Å². The first-order chi connectivity index (χ1) is 27.3. The number of fused-ring (bicyclic) bond motifs is 10. The first-order valence-corrected chi connectivity index (χ1v) is 18.6. The summed E-state index contributed by atoms with van der Waals surface area (Å²) in [5, 5.41) is 0. The second-order valence-corrected chi connectivity index (χ2v) is 14.2. The molecule has 9 aromatic rings. The Morgan fingerprint density at radius 2 is 0.636 bits per heavy atom. The van der Waals surface area contributed by atoms with E-state index in [1.165, 1.54) is 50.1 Å². The van der Waals surface area contributed by atoms with Gasteiger partial charge in [0.1, 0.15) is 0 Å². The highest BCUT2D eigenvalue weighted by molar-refractivity contribution is 5.96. The van der Waals surface area contributed by atoms with Crippen molar-refractivity contribution in [3.8, 4) is 78.7 Å². The summed E-state index contributed by atoms with van der Waals surface area (Å²) >= 11 is 0. The van der Waals surface area contributed by atoms with E-state index in [4.69, 9.17) is 15.0 Å². The quantitative estimate of drug-likeness (QED) is 0.179. The molecular weight excluding hydrogens is 669 g/mol. The van der Waals surface area contributed by atoms with Crippen LogP contribution in [0.2, 0.25) is 0 Å². The van der Waals surface area contributed by atoms with Gasteiger partial charge in [-0.1, -0.05) is 164 Å². The lowest BCUT2D eigenvalue weighted by Crippen LogP contribution is -2.25. The van der Waals surface area contributed by atoms with Crippen LogP contribution in [-0.4, -0.2) is 19.9 Å². The molecular formula is C51H32N4. The van der Waals surface area contributed by atoms with Crippen LogP contribution in [0.3, 0.4) is 0 Å². The summed E-state index contributed by atoms with van der Waals surface area (Å²) in [6, 6.07) is 65.0. The SMILES string of the molecule is c1ccc(-c2nc(-c3ccc(-c4ccncc4)cc3)nc(-c3ccc(-c4ccc5c(c4)-c4ccccc4C54c5ccccc5-c5ccccc54)cc3)n2)cc1. The molecule has 2 aliphatic rings. The highest BCUT2D eigenvalue weighted by atomic mass is 15.0. The molecule has 0 saturated carbocycles. The Bertz CT molecular complexity index is 2850. The van der Waals surface area contributed by atoms with Gasteiger partial charge in [-0.15, -0.1) is 0 Å². The predicted octanol–water partition coefficient (Wildman–Crippen LogP) is 11.9. The molecule has 0 unspecified atom stereocenters. The second-order valence-electron chi connectivity index (χ2n) is 14.2. The molecule has 2 aromatic heterocycles. The average Bonchev–Trinajstić information content (AvgIpc) is 3.74. The van der Waals surface area contributed by atoms with Gasteiger partial charge >= 0.3 is 0 Å². The number of hydrogen-bond donors (Lipinski definition) is 0. The topological polar surface area (TPSA) is 51.6 Å². The lowest BCUT2D eigenvalue weighted by atomic mass is 9.70. The first kappa shape index (κ1) is 31.2. The largest absolute Gasteiger partial charge is 0.265 e. The molecule has 2 aliphatic carbocycles. The third-order valence-electron chi connectivity index (χ3n) is 11.3. The van der Waals surface area contributed by atoms with Gasteiger partial charge in [0, 0.05) is 29.1 Å². The normalized spacial score (nSPS) is 12.9. The fraction of sp³-hybridized carbons (Fsp3) is 0.0196. The lowest BCUT2D eigenvalue weighted by molar-refractivity contribution is 0.794. The minimum Gasteiger partial charge on any atom is -0.265 e. The predicted molar refractivity (Wildman–Crippen MR) is 221 cm³/mol. The average molecular weight is 701 g/mol. The fourth-order valence-corrected chi connectivity index (χ4v) is 8.80. The molecule has 4 heteroatoms.